The van der Waals surface area contributed by atoms with Crippen LogP contribution in [-0.2, 0) is 4.79 Å². The van der Waals surface area contributed by atoms with Crippen molar-refractivity contribution in [2.75, 3.05) is 11.9 Å². The van der Waals surface area contributed by atoms with E-state index in [0.29, 0.717) is 33.2 Å². The first-order valence-electron chi connectivity index (χ1n) is 5.80. The molecular weight excluding hydrogens is 321 g/mol. The van der Waals surface area contributed by atoms with Crippen LogP contribution >= 0.6 is 34.5 Å². The largest absolute Gasteiger partial charge is 0.481 e. The maximum absolute atomic E-state index is 10.4. The van der Waals surface area contributed by atoms with E-state index in [1.54, 1.807) is 18.2 Å². The van der Waals surface area contributed by atoms with Crippen LogP contribution in [0, 0.1) is 0 Å². The van der Waals surface area contributed by atoms with Gasteiger partial charge in [-0.05, 0) is 24.6 Å². The van der Waals surface area contributed by atoms with E-state index in [4.69, 9.17) is 28.3 Å². The van der Waals surface area contributed by atoms with Crippen molar-refractivity contribution in [3.05, 3.63) is 28.2 Å². The quantitative estimate of drug-likeness (QED) is 0.787. The van der Waals surface area contributed by atoms with Crippen molar-refractivity contribution in [3.8, 4) is 10.6 Å². The zero-order valence-electron chi connectivity index (χ0n) is 10.3. The van der Waals surface area contributed by atoms with Gasteiger partial charge in [0.2, 0.25) is 5.13 Å². The number of hydrogen-bond donors (Lipinski definition) is 2. The lowest BCUT2D eigenvalue weighted by Crippen LogP contribution is -2.04. The molecule has 1 aromatic heterocycles. The first kappa shape index (κ1) is 15.0. The van der Waals surface area contributed by atoms with Crippen LogP contribution in [0.4, 0.5) is 5.13 Å². The van der Waals surface area contributed by atoms with E-state index in [1.807, 2.05) is 0 Å². The van der Waals surface area contributed by atoms with Gasteiger partial charge in [0, 0.05) is 28.6 Å². The molecule has 0 aliphatic heterocycles. The van der Waals surface area contributed by atoms with Crippen LogP contribution in [-0.4, -0.2) is 27.8 Å². The molecule has 0 aliphatic rings. The van der Waals surface area contributed by atoms with E-state index >= 15 is 0 Å². The topological polar surface area (TPSA) is 75.1 Å². The second-order valence-electron chi connectivity index (χ2n) is 3.99. The Kier molecular flexibility index (Phi) is 5.17. The number of carboxylic acids is 1. The predicted octanol–water partition coefficient (Wildman–Crippen LogP) is 3.79. The molecule has 0 radical (unpaired) electrons. The van der Waals surface area contributed by atoms with Gasteiger partial charge in [-0.25, -0.2) is 0 Å². The van der Waals surface area contributed by atoms with Crippen LogP contribution in [0.3, 0.4) is 0 Å². The molecular formula is C12H11Cl2N3O2S. The van der Waals surface area contributed by atoms with Crippen LogP contribution in [0.1, 0.15) is 12.8 Å². The van der Waals surface area contributed by atoms with Gasteiger partial charge in [-0.2, -0.15) is 0 Å². The summed E-state index contributed by atoms with van der Waals surface area (Å²) in [5, 5.41) is 22.0. The molecule has 0 bridgehead atoms. The number of hydrogen-bond acceptors (Lipinski definition) is 5. The zero-order chi connectivity index (χ0) is 14.5. The van der Waals surface area contributed by atoms with E-state index in [9.17, 15) is 4.79 Å². The smallest absolute Gasteiger partial charge is 0.303 e. The summed E-state index contributed by atoms with van der Waals surface area (Å²) in [6.07, 6.45) is 0.663. The summed E-state index contributed by atoms with van der Waals surface area (Å²) in [6.45, 7) is 0.539. The van der Waals surface area contributed by atoms with Gasteiger partial charge in [0.05, 0.1) is 0 Å². The molecule has 0 atom stereocenters. The number of anilines is 1. The van der Waals surface area contributed by atoms with Gasteiger partial charge >= 0.3 is 5.97 Å². The average Bonchev–Trinajstić information content (AvgIpc) is 2.82. The maximum atomic E-state index is 10.4. The highest BCUT2D eigenvalue weighted by atomic mass is 35.5. The van der Waals surface area contributed by atoms with Crippen LogP contribution in [0.5, 0.6) is 0 Å². The van der Waals surface area contributed by atoms with Crippen LogP contribution in [0.25, 0.3) is 10.6 Å². The van der Waals surface area contributed by atoms with Crippen molar-refractivity contribution < 1.29 is 9.90 Å². The summed E-state index contributed by atoms with van der Waals surface area (Å²) in [5.74, 6) is -0.807. The van der Waals surface area contributed by atoms with Gasteiger partial charge in [-0.3, -0.25) is 4.79 Å². The first-order chi connectivity index (χ1) is 9.54. The van der Waals surface area contributed by atoms with E-state index in [2.05, 4.69) is 15.5 Å². The predicted molar refractivity (Wildman–Crippen MR) is 80.7 cm³/mol. The van der Waals surface area contributed by atoms with Crippen LogP contribution in [0.2, 0.25) is 10.0 Å². The highest BCUT2D eigenvalue weighted by Gasteiger charge is 2.08. The standard InChI is InChI=1S/C12H11Cl2N3O2S/c13-8-4-7(5-9(14)6-8)11-16-17-12(20-11)15-3-1-2-10(18)19/h4-6H,1-3H2,(H,15,17)(H,18,19). The number of carboxylic acid groups (broad SMARTS) is 1. The molecule has 2 rings (SSSR count). The highest BCUT2D eigenvalue weighted by Crippen LogP contribution is 2.30. The summed E-state index contributed by atoms with van der Waals surface area (Å²) in [4.78, 5) is 10.4. The minimum Gasteiger partial charge on any atom is -0.481 e. The summed E-state index contributed by atoms with van der Waals surface area (Å²) in [7, 11) is 0. The van der Waals surface area contributed by atoms with Crippen LogP contribution < -0.4 is 5.32 Å². The van der Waals surface area contributed by atoms with E-state index in [-0.39, 0.29) is 6.42 Å². The summed E-state index contributed by atoms with van der Waals surface area (Å²) < 4.78 is 0. The molecule has 0 unspecified atom stereocenters. The van der Waals surface area contributed by atoms with Gasteiger partial charge in [-0.15, -0.1) is 10.2 Å². The second kappa shape index (κ2) is 6.88. The molecule has 0 amide bonds. The van der Waals surface area contributed by atoms with Crippen molar-refractivity contribution in [1.29, 1.82) is 0 Å². The lowest BCUT2D eigenvalue weighted by Gasteiger charge is -1.99. The second-order valence-corrected chi connectivity index (χ2v) is 5.84. The minimum atomic E-state index is -0.807. The number of aromatic nitrogens is 2. The number of rotatable bonds is 6. The third-order valence-electron chi connectivity index (χ3n) is 2.38. The lowest BCUT2D eigenvalue weighted by atomic mass is 10.2. The molecule has 5 nitrogen and oxygen atoms in total. The Morgan fingerprint density at radius 1 is 1.25 bits per heavy atom. The molecule has 0 saturated carbocycles. The fraction of sp³-hybridized carbons (Fsp3) is 0.250. The highest BCUT2D eigenvalue weighted by molar-refractivity contribution is 7.18. The fourth-order valence-electron chi connectivity index (χ4n) is 1.52. The molecule has 1 aromatic carbocycles. The Morgan fingerprint density at radius 2 is 1.95 bits per heavy atom. The SMILES string of the molecule is O=C(O)CCCNc1nnc(-c2cc(Cl)cc(Cl)c2)s1. The molecule has 2 aromatic rings. The van der Waals surface area contributed by atoms with Gasteiger partial charge in [-0.1, -0.05) is 34.5 Å². The third-order valence-corrected chi connectivity index (χ3v) is 3.74. The molecule has 106 valence electrons. The Bertz CT molecular complexity index is 598. The molecule has 0 spiro atoms. The molecule has 0 fully saturated rings. The molecule has 2 N–H and O–H groups in total. The van der Waals surface area contributed by atoms with Crippen molar-refractivity contribution >= 4 is 45.6 Å². The van der Waals surface area contributed by atoms with Crippen molar-refractivity contribution in [1.82, 2.24) is 10.2 Å². The molecule has 1 heterocycles. The number of aliphatic carboxylic acids is 1. The average molecular weight is 332 g/mol. The van der Waals surface area contributed by atoms with Crippen molar-refractivity contribution in [2.24, 2.45) is 0 Å². The Hall–Kier alpha value is -1.37. The van der Waals surface area contributed by atoms with Gasteiger partial charge in [0.1, 0.15) is 5.01 Å². The maximum Gasteiger partial charge on any atom is 0.303 e. The van der Waals surface area contributed by atoms with Gasteiger partial charge < -0.3 is 10.4 Å². The summed E-state index contributed by atoms with van der Waals surface area (Å²) >= 11 is 13.2. The number of benzene rings is 1. The number of nitrogens with one attached hydrogen (secondary N) is 1. The lowest BCUT2D eigenvalue weighted by molar-refractivity contribution is -0.137. The third kappa shape index (κ3) is 4.33. The van der Waals surface area contributed by atoms with E-state index in [0.717, 1.165) is 5.56 Å². The number of carbonyl (C=O) groups is 1. The Morgan fingerprint density at radius 3 is 2.60 bits per heavy atom. The number of nitrogens with zero attached hydrogens (tertiary/aromatic N) is 2. The fourth-order valence-corrected chi connectivity index (χ4v) is 2.81. The molecule has 8 heteroatoms. The van der Waals surface area contributed by atoms with E-state index in [1.165, 1.54) is 11.3 Å². The normalized spacial score (nSPS) is 10.5. The van der Waals surface area contributed by atoms with Gasteiger partial charge in [0.25, 0.3) is 0 Å². The monoisotopic (exact) mass is 331 g/mol. The Balaban J connectivity index is 1.99. The van der Waals surface area contributed by atoms with Crippen molar-refractivity contribution in [3.63, 3.8) is 0 Å². The van der Waals surface area contributed by atoms with Gasteiger partial charge in [0.15, 0.2) is 0 Å². The first-order valence-corrected chi connectivity index (χ1v) is 7.37. The molecule has 0 saturated heterocycles. The summed E-state index contributed by atoms with van der Waals surface area (Å²) in [5.41, 5.74) is 0.804. The zero-order valence-corrected chi connectivity index (χ0v) is 12.6. The molecule has 20 heavy (non-hydrogen) atoms. The number of halogens is 2. The van der Waals surface area contributed by atoms with E-state index < -0.39 is 5.97 Å². The van der Waals surface area contributed by atoms with Crippen molar-refractivity contribution in [2.45, 2.75) is 12.8 Å². The Labute approximate surface area is 129 Å². The van der Waals surface area contributed by atoms with Crippen LogP contribution in [0.15, 0.2) is 18.2 Å². The minimum absolute atomic E-state index is 0.128. The molecule has 0 aliphatic carbocycles. The summed E-state index contributed by atoms with van der Waals surface area (Å²) in [6, 6.07) is 5.18.